The summed E-state index contributed by atoms with van der Waals surface area (Å²) in [6, 6.07) is 0. The lowest BCUT2D eigenvalue weighted by Crippen LogP contribution is -2.46. The monoisotopic (exact) mass is 255 g/mol. The van der Waals surface area contributed by atoms with Crippen molar-refractivity contribution in [2.45, 2.75) is 32.5 Å². The lowest BCUT2D eigenvalue weighted by Gasteiger charge is -2.29. The van der Waals surface area contributed by atoms with Crippen molar-refractivity contribution in [3.8, 4) is 0 Å². The molecular weight excluding hydrogens is 242 g/mol. The van der Waals surface area contributed by atoms with E-state index in [1.54, 1.807) is 23.4 Å². The van der Waals surface area contributed by atoms with Crippen LogP contribution in [0.25, 0.3) is 0 Å². The lowest BCUT2D eigenvalue weighted by molar-refractivity contribution is -0.160. The van der Waals surface area contributed by atoms with Crippen LogP contribution in [-0.2, 0) is 9.53 Å². The van der Waals surface area contributed by atoms with E-state index in [4.69, 9.17) is 16.3 Å². The molecule has 1 atom stereocenters. The van der Waals surface area contributed by atoms with Gasteiger partial charge in [0.25, 0.3) is 0 Å². The normalized spacial score (nSPS) is 22.6. The third kappa shape index (κ3) is 2.44. The molecule has 0 saturated carbocycles. The van der Waals surface area contributed by atoms with E-state index in [2.05, 4.69) is 10.3 Å². The summed E-state index contributed by atoms with van der Waals surface area (Å²) in [7, 11) is 0. The number of aliphatic imine (C=N–C) groups is 1. The molecule has 0 aliphatic carbocycles. The number of hydrogen-bond donors (Lipinski definition) is 1. The maximum atomic E-state index is 12.0. The predicted molar refractivity (Wildman–Crippen MR) is 65.1 cm³/mol. The SMILES string of the molecule is CC(C)(C)OC(=O)[C@@H]1NC=C2N=CC=C(Cl)N21. The number of fused-ring (bicyclic) bond motifs is 1. The second kappa shape index (κ2) is 4.07. The minimum atomic E-state index is -0.648. The van der Waals surface area contributed by atoms with Gasteiger partial charge in [-0.05, 0) is 26.8 Å². The molecule has 0 radical (unpaired) electrons. The number of allylic oxidation sites excluding steroid dienone is 1. The number of halogens is 1. The largest absolute Gasteiger partial charge is 0.457 e. The predicted octanol–water partition coefficient (Wildman–Crippen LogP) is 1.52. The average Bonchev–Trinajstić information content (AvgIpc) is 2.60. The van der Waals surface area contributed by atoms with Gasteiger partial charge >= 0.3 is 5.97 Å². The number of hydrogen-bond acceptors (Lipinski definition) is 5. The second-order valence-electron chi connectivity index (χ2n) is 4.74. The first-order valence-electron chi connectivity index (χ1n) is 5.27. The summed E-state index contributed by atoms with van der Waals surface area (Å²) < 4.78 is 5.30. The lowest BCUT2D eigenvalue weighted by atomic mass is 10.2. The number of esters is 1. The van der Waals surface area contributed by atoms with E-state index in [9.17, 15) is 4.79 Å². The maximum absolute atomic E-state index is 12.0. The summed E-state index contributed by atoms with van der Waals surface area (Å²) in [5, 5.41) is 3.34. The smallest absolute Gasteiger partial charge is 0.350 e. The van der Waals surface area contributed by atoms with E-state index in [1.165, 1.54) is 0 Å². The molecule has 6 heteroatoms. The molecule has 0 amide bonds. The Hall–Kier alpha value is -1.49. The Labute approximate surface area is 105 Å². The first-order chi connectivity index (χ1) is 7.88. The molecule has 1 N–H and O–H groups in total. The van der Waals surface area contributed by atoms with Gasteiger partial charge in [-0.1, -0.05) is 11.6 Å². The van der Waals surface area contributed by atoms with Crippen LogP contribution in [0.4, 0.5) is 0 Å². The molecule has 0 bridgehead atoms. The van der Waals surface area contributed by atoms with Gasteiger partial charge in [-0.15, -0.1) is 0 Å². The fraction of sp³-hybridized carbons (Fsp3) is 0.455. The van der Waals surface area contributed by atoms with Crippen molar-refractivity contribution in [1.82, 2.24) is 10.2 Å². The summed E-state index contributed by atoms with van der Waals surface area (Å²) in [6.07, 6.45) is 4.21. The average molecular weight is 256 g/mol. The van der Waals surface area contributed by atoms with Crippen molar-refractivity contribution in [2.24, 2.45) is 4.99 Å². The van der Waals surface area contributed by atoms with Gasteiger partial charge in [0.1, 0.15) is 10.8 Å². The Balaban J connectivity index is 2.13. The van der Waals surface area contributed by atoms with Gasteiger partial charge in [-0.25, -0.2) is 9.79 Å². The summed E-state index contributed by atoms with van der Waals surface area (Å²) >= 11 is 6.03. The Morgan fingerprint density at radius 1 is 1.59 bits per heavy atom. The number of nitrogens with zero attached hydrogens (tertiary/aromatic N) is 2. The molecule has 0 saturated heterocycles. The first kappa shape index (κ1) is 12.0. The number of carbonyl (C=O) groups is 1. The van der Waals surface area contributed by atoms with Crippen LogP contribution in [-0.4, -0.2) is 28.9 Å². The Kier molecular flexibility index (Phi) is 2.87. The van der Waals surface area contributed by atoms with Gasteiger partial charge in [0.15, 0.2) is 5.82 Å². The zero-order valence-electron chi connectivity index (χ0n) is 9.90. The van der Waals surface area contributed by atoms with Crippen molar-refractivity contribution < 1.29 is 9.53 Å². The number of ether oxygens (including phenoxy) is 1. The molecule has 0 aromatic carbocycles. The van der Waals surface area contributed by atoms with Crippen LogP contribution in [0.2, 0.25) is 0 Å². The standard InChI is InChI=1S/C11H14ClN3O2/c1-11(2,3)17-10(16)9-14-6-8-13-5-4-7(12)15(8)9/h4-6,9,14H,1-3H3/t9-/m1/s1. The first-order valence-corrected chi connectivity index (χ1v) is 5.64. The highest BCUT2D eigenvalue weighted by atomic mass is 35.5. The third-order valence-electron chi connectivity index (χ3n) is 2.15. The number of rotatable bonds is 1. The molecule has 2 aliphatic heterocycles. The Morgan fingerprint density at radius 2 is 2.29 bits per heavy atom. The topological polar surface area (TPSA) is 53.9 Å². The van der Waals surface area contributed by atoms with Crippen LogP contribution in [0.5, 0.6) is 0 Å². The molecule has 0 unspecified atom stereocenters. The molecular formula is C11H14ClN3O2. The summed E-state index contributed by atoms with van der Waals surface area (Å²) in [5.74, 6) is 0.223. The molecule has 17 heavy (non-hydrogen) atoms. The van der Waals surface area contributed by atoms with Gasteiger partial charge in [0.05, 0.1) is 0 Å². The number of carbonyl (C=O) groups excluding carboxylic acids is 1. The number of nitrogens with one attached hydrogen (secondary N) is 1. The van der Waals surface area contributed by atoms with Crippen molar-refractivity contribution >= 4 is 23.8 Å². The Bertz CT molecular complexity index is 434. The minimum Gasteiger partial charge on any atom is -0.457 e. The van der Waals surface area contributed by atoms with E-state index >= 15 is 0 Å². The molecule has 0 spiro atoms. The van der Waals surface area contributed by atoms with Crippen LogP contribution in [0, 0.1) is 0 Å². The van der Waals surface area contributed by atoms with E-state index in [1.807, 2.05) is 20.8 Å². The summed E-state index contributed by atoms with van der Waals surface area (Å²) in [4.78, 5) is 17.7. The molecule has 0 aromatic rings. The zero-order chi connectivity index (χ0) is 12.6. The minimum absolute atomic E-state index is 0.382. The van der Waals surface area contributed by atoms with Gasteiger partial charge in [0.2, 0.25) is 6.17 Å². The molecule has 0 fully saturated rings. The van der Waals surface area contributed by atoms with Crippen LogP contribution in [0.3, 0.4) is 0 Å². The summed E-state index contributed by atoms with van der Waals surface area (Å²) in [5.41, 5.74) is -0.531. The fourth-order valence-electron chi connectivity index (χ4n) is 1.55. The molecule has 2 rings (SSSR count). The van der Waals surface area contributed by atoms with Gasteiger partial charge in [0, 0.05) is 12.4 Å². The van der Waals surface area contributed by atoms with Crippen molar-refractivity contribution in [3.05, 3.63) is 23.3 Å². The van der Waals surface area contributed by atoms with E-state index < -0.39 is 11.8 Å². The van der Waals surface area contributed by atoms with Gasteiger partial charge in [-0.3, -0.25) is 4.90 Å². The molecule has 0 aromatic heterocycles. The van der Waals surface area contributed by atoms with Crippen molar-refractivity contribution in [3.63, 3.8) is 0 Å². The van der Waals surface area contributed by atoms with Crippen LogP contribution < -0.4 is 5.32 Å². The highest BCUT2D eigenvalue weighted by molar-refractivity contribution is 6.30. The highest BCUT2D eigenvalue weighted by Crippen LogP contribution is 2.27. The molecule has 5 nitrogen and oxygen atoms in total. The van der Waals surface area contributed by atoms with Crippen LogP contribution in [0.15, 0.2) is 28.2 Å². The maximum Gasteiger partial charge on any atom is 0.350 e. The van der Waals surface area contributed by atoms with E-state index in [-0.39, 0.29) is 5.97 Å². The molecule has 92 valence electrons. The van der Waals surface area contributed by atoms with Crippen LogP contribution in [0.1, 0.15) is 20.8 Å². The molecule has 2 heterocycles. The van der Waals surface area contributed by atoms with Crippen molar-refractivity contribution in [1.29, 1.82) is 0 Å². The fourth-order valence-corrected chi connectivity index (χ4v) is 1.79. The third-order valence-corrected chi connectivity index (χ3v) is 2.46. The van der Waals surface area contributed by atoms with E-state index in [0.717, 1.165) is 0 Å². The van der Waals surface area contributed by atoms with Crippen molar-refractivity contribution in [2.75, 3.05) is 0 Å². The second-order valence-corrected chi connectivity index (χ2v) is 5.13. The van der Waals surface area contributed by atoms with E-state index in [0.29, 0.717) is 11.0 Å². The highest BCUT2D eigenvalue weighted by Gasteiger charge is 2.37. The Morgan fingerprint density at radius 3 is 2.94 bits per heavy atom. The van der Waals surface area contributed by atoms with Gasteiger partial charge in [-0.2, -0.15) is 0 Å². The quantitative estimate of drug-likeness (QED) is 0.570. The van der Waals surface area contributed by atoms with Crippen LogP contribution >= 0.6 is 11.6 Å². The summed E-state index contributed by atoms with van der Waals surface area (Å²) in [6.45, 7) is 5.46. The molecule has 2 aliphatic rings. The van der Waals surface area contributed by atoms with Gasteiger partial charge < -0.3 is 10.1 Å². The zero-order valence-corrected chi connectivity index (χ0v) is 10.7.